The maximum atomic E-state index is 13.3. The van der Waals surface area contributed by atoms with Crippen molar-refractivity contribution in [2.24, 2.45) is 0 Å². The second-order valence-electron chi connectivity index (χ2n) is 10.3. The van der Waals surface area contributed by atoms with E-state index in [0.29, 0.717) is 18.7 Å². The van der Waals surface area contributed by atoms with Crippen molar-refractivity contribution >= 4 is 60.6 Å². The third-order valence-electron chi connectivity index (χ3n) is 6.55. The Hall–Kier alpha value is -2.60. The van der Waals surface area contributed by atoms with Crippen LogP contribution >= 0.6 is 22.6 Å². The van der Waals surface area contributed by atoms with Crippen molar-refractivity contribution in [2.75, 3.05) is 13.1 Å². The number of ether oxygens (including phenoxy) is 1. The summed E-state index contributed by atoms with van der Waals surface area (Å²) in [5.41, 5.74) is 2.87. The van der Waals surface area contributed by atoms with E-state index in [1.165, 1.54) is 3.97 Å². The van der Waals surface area contributed by atoms with Crippen molar-refractivity contribution in [3.63, 3.8) is 0 Å². The number of benzene rings is 1. The molecule has 0 spiro atoms. The Morgan fingerprint density at radius 3 is 2.42 bits per heavy atom. The largest absolute Gasteiger partial charge is 0.444 e. The molecular weight excluding hydrogens is 591 g/mol. The number of H-pyrrole nitrogens is 1. The maximum Gasteiger partial charge on any atom is 0.410 e. The molecule has 36 heavy (non-hydrogen) atoms. The van der Waals surface area contributed by atoms with Gasteiger partial charge in [-0.2, -0.15) is 0 Å². The minimum Gasteiger partial charge on any atom is -0.444 e. The fraction of sp³-hybridized carbons (Fsp3) is 0.385. The normalized spacial score (nSPS) is 15.6. The molecule has 1 fully saturated rings. The van der Waals surface area contributed by atoms with Crippen molar-refractivity contribution in [3.8, 4) is 0 Å². The standard InChI is InChI=1S/C26H29IN4O4S/c1-16-5-7-18(8-6-16)36(33,34)31-14-11-19-23-20(15-28-24(19)31)21(27)22(29-23)17-9-12-30(13-10-17)25(32)35-26(2,3)4/h5-8,11,14-15,17,29H,9-10,12-13H2,1-4H3. The molecule has 1 aromatic carbocycles. The lowest BCUT2D eigenvalue weighted by Gasteiger charge is -2.33. The third-order valence-corrected chi connectivity index (χ3v) is 9.39. The lowest BCUT2D eigenvalue weighted by molar-refractivity contribution is 0.0204. The van der Waals surface area contributed by atoms with Gasteiger partial charge in [-0.25, -0.2) is 22.2 Å². The zero-order valence-electron chi connectivity index (χ0n) is 20.7. The monoisotopic (exact) mass is 620 g/mol. The molecule has 0 saturated carbocycles. The molecule has 0 aliphatic carbocycles. The number of nitrogens with one attached hydrogen (secondary N) is 1. The molecule has 0 bridgehead atoms. The SMILES string of the molecule is Cc1ccc(S(=O)(=O)n2ccc3c4[nH]c(C5CCN(C(=O)OC(C)(C)C)CC5)c(I)c4cnc32)cc1. The number of fused-ring (bicyclic) bond motifs is 3. The minimum absolute atomic E-state index is 0.228. The van der Waals surface area contributed by atoms with Gasteiger partial charge in [0.1, 0.15) is 5.60 Å². The van der Waals surface area contributed by atoms with Crippen LogP contribution < -0.4 is 0 Å². The highest BCUT2D eigenvalue weighted by Crippen LogP contribution is 2.37. The van der Waals surface area contributed by atoms with E-state index in [2.05, 4.69) is 32.6 Å². The average Bonchev–Trinajstić information content (AvgIpc) is 3.40. The fourth-order valence-electron chi connectivity index (χ4n) is 4.67. The molecule has 1 amide bonds. The molecule has 4 heterocycles. The van der Waals surface area contributed by atoms with Gasteiger partial charge in [0, 0.05) is 51.4 Å². The van der Waals surface area contributed by atoms with Crippen LogP contribution in [0, 0.1) is 10.5 Å². The summed E-state index contributed by atoms with van der Waals surface area (Å²) in [7, 11) is -3.77. The van der Waals surface area contributed by atoms with Crippen LogP contribution in [-0.4, -0.2) is 52.0 Å². The van der Waals surface area contributed by atoms with E-state index in [9.17, 15) is 13.2 Å². The number of piperidine rings is 1. The number of carbonyl (C=O) groups excluding carboxylic acids is 1. The van der Waals surface area contributed by atoms with Crippen LogP contribution in [0.1, 0.15) is 50.8 Å². The maximum absolute atomic E-state index is 13.3. The van der Waals surface area contributed by atoms with Gasteiger partial charge in [-0.05, 0) is 81.3 Å². The lowest BCUT2D eigenvalue weighted by Crippen LogP contribution is -2.41. The number of hydrogen-bond donors (Lipinski definition) is 1. The lowest BCUT2D eigenvalue weighted by atomic mass is 9.94. The van der Waals surface area contributed by atoms with Crippen LogP contribution in [-0.2, 0) is 14.8 Å². The van der Waals surface area contributed by atoms with Crippen molar-refractivity contribution in [1.82, 2.24) is 18.8 Å². The van der Waals surface area contributed by atoms with Crippen LogP contribution in [0.2, 0.25) is 0 Å². The number of aromatic amines is 1. The van der Waals surface area contributed by atoms with Crippen molar-refractivity contribution in [1.29, 1.82) is 0 Å². The van der Waals surface area contributed by atoms with E-state index in [4.69, 9.17) is 4.74 Å². The Morgan fingerprint density at radius 1 is 1.11 bits per heavy atom. The van der Waals surface area contributed by atoms with Crippen LogP contribution in [0.15, 0.2) is 47.6 Å². The Morgan fingerprint density at radius 2 is 1.78 bits per heavy atom. The molecule has 1 aliphatic heterocycles. The zero-order valence-corrected chi connectivity index (χ0v) is 23.7. The smallest absolute Gasteiger partial charge is 0.410 e. The molecule has 4 aromatic rings. The topological polar surface area (TPSA) is 97.3 Å². The van der Waals surface area contributed by atoms with Gasteiger partial charge in [-0.1, -0.05) is 17.7 Å². The summed E-state index contributed by atoms with van der Waals surface area (Å²) in [6, 6.07) is 8.62. The first kappa shape index (κ1) is 25.1. The molecule has 1 saturated heterocycles. The predicted octanol–water partition coefficient (Wildman–Crippen LogP) is 5.78. The summed E-state index contributed by atoms with van der Waals surface area (Å²) >= 11 is 2.34. The second-order valence-corrected chi connectivity index (χ2v) is 13.2. The number of aryl methyl sites for hydroxylation is 1. The molecule has 0 atom stereocenters. The molecule has 1 aliphatic rings. The molecular formula is C26H29IN4O4S. The highest BCUT2D eigenvalue weighted by atomic mass is 127. The van der Waals surface area contributed by atoms with E-state index in [1.807, 2.05) is 27.7 Å². The Kier molecular flexibility index (Phi) is 6.30. The fourth-order valence-corrected chi connectivity index (χ4v) is 6.96. The van der Waals surface area contributed by atoms with Gasteiger partial charge in [0.05, 0.1) is 10.4 Å². The number of aromatic nitrogens is 3. The van der Waals surface area contributed by atoms with Gasteiger partial charge in [0.15, 0.2) is 5.65 Å². The van der Waals surface area contributed by atoms with Gasteiger partial charge in [0.25, 0.3) is 10.0 Å². The first-order chi connectivity index (χ1) is 17.0. The zero-order chi connectivity index (χ0) is 25.8. The predicted molar refractivity (Wildman–Crippen MR) is 148 cm³/mol. The van der Waals surface area contributed by atoms with E-state index < -0.39 is 15.6 Å². The summed E-state index contributed by atoms with van der Waals surface area (Å²) in [6.07, 6.45) is 4.69. The first-order valence-electron chi connectivity index (χ1n) is 11.9. The van der Waals surface area contributed by atoms with Gasteiger partial charge in [0.2, 0.25) is 0 Å². The van der Waals surface area contributed by atoms with Crippen LogP contribution in [0.5, 0.6) is 0 Å². The molecule has 0 unspecified atom stereocenters. The number of rotatable bonds is 3. The second kappa shape index (κ2) is 9.05. The van der Waals surface area contributed by atoms with Gasteiger partial charge < -0.3 is 14.6 Å². The van der Waals surface area contributed by atoms with Crippen LogP contribution in [0.25, 0.3) is 21.9 Å². The Labute approximate surface area is 224 Å². The number of hydrogen-bond acceptors (Lipinski definition) is 5. The Bertz CT molecular complexity index is 1560. The average molecular weight is 621 g/mol. The molecule has 190 valence electrons. The van der Waals surface area contributed by atoms with Crippen molar-refractivity contribution < 1.29 is 17.9 Å². The quantitative estimate of drug-likeness (QED) is 0.293. The summed E-state index contributed by atoms with van der Waals surface area (Å²) < 4.78 is 34.5. The minimum atomic E-state index is -3.77. The van der Waals surface area contributed by atoms with Crippen molar-refractivity contribution in [2.45, 2.75) is 57.0 Å². The van der Waals surface area contributed by atoms with E-state index >= 15 is 0 Å². The van der Waals surface area contributed by atoms with Crippen LogP contribution in [0.3, 0.4) is 0 Å². The summed E-state index contributed by atoms with van der Waals surface area (Å²) in [5, 5.41) is 1.73. The number of likely N-dealkylation sites (tertiary alicyclic amines) is 1. The number of nitrogens with zero attached hydrogens (tertiary/aromatic N) is 3. The summed E-state index contributed by atoms with van der Waals surface area (Å²) in [4.78, 5) is 22.6. The molecule has 10 heteroatoms. The highest BCUT2D eigenvalue weighted by Gasteiger charge is 2.30. The molecule has 8 nitrogen and oxygen atoms in total. The number of pyridine rings is 1. The van der Waals surface area contributed by atoms with Crippen LogP contribution in [0.4, 0.5) is 4.79 Å². The first-order valence-corrected chi connectivity index (χ1v) is 14.4. The summed E-state index contributed by atoms with van der Waals surface area (Å²) in [6.45, 7) is 8.80. The molecule has 5 rings (SSSR count). The van der Waals surface area contributed by atoms with E-state index in [0.717, 1.165) is 44.0 Å². The van der Waals surface area contributed by atoms with Gasteiger partial charge in [-0.3, -0.25) is 0 Å². The van der Waals surface area contributed by atoms with Gasteiger partial charge >= 0.3 is 6.09 Å². The summed E-state index contributed by atoms with van der Waals surface area (Å²) in [5.74, 6) is 0.261. The van der Waals surface area contributed by atoms with E-state index in [-0.39, 0.29) is 16.9 Å². The highest BCUT2D eigenvalue weighted by molar-refractivity contribution is 14.1. The number of carbonyl (C=O) groups is 1. The van der Waals surface area contributed by atoms with Gasteiger partial charge in [-0.15, -0.1) is 0 Å². The molecule has 3 aromatic heterocycles. The van der Waals surface area contributed by atoms with E-state index in [1.54, 1.807) is 47.6 Å². The number of halogens is 1. The van der Waals surface area contributed by atoms with Crippen molar-refractivity contribution in [3.05, 3.63) is 57.6 Å². The molecule has 0 radical (unpaired) electrons. The third kappa shape index (κ3) is 4.49. The Balaban J connectivity index is 1.45. The molecule has 1 N–H and O–H groups in total. The number of amides is 1.